The molecule has 0 aliphatic carbocycles. The largest absolute Gasteiger partial charge is 0.506 e. The predicted octanol–water partition coefficient (Wildman–Crippen LogP) is 1.13. The molecule has 1 rings (SSSR count). The van der Waals surface area contributed by atoms with Crippen molar-refractivity contribution < 1.29 is 29.6 Å². The number of hydrogen-bond acceptors (Lipinski definition) is 4. The van der Waals surface area contributed by atoms with Crippen LogP contribution in [-0.4, -0.2) is 34.4 Å². The molecule has 1 aromatic carbocycles. The van der Waals surface area contributed by atoms with Crippen LogP contribution in [0.15, 0.2) is 29.8 Å². The van der Waals surface area contributed by atoms with Crippen LogP contribution in [-0.2, 0) is 9.59 Å². The lowest BCUT2D eigenvalue weighted by molar-refractivity contribution is -0.140. The number of aliphatic carboxylic acids is 2. The van der Waals surface area contributed by atoms with Crippen molar-refractivity contribution >= 4 is 17.7 Å². The molecule has 0 fully saturated rings. The number of carboxylic acid groups (broad SMARTS) is 2. The van der Waals surface area contributed by atoms with Crippen molar-refractivity contribution in [2.75, 3.05) is 7.11 Å². The molecule has 0 aliphatic heterocycles. The van der Waals surface area contributed by atoms with Crippen LogP contribution in [0.5, 0.6) is 5.75 Å². The zero-order chi connectivity index (χ0) is 13.0. The van der Waals surface area contributed by atoms with Crippen molar-refractivity contribution in [1.82, 2.24) is 0 Å². The Kier molecular flexibility index (Phi) is 3.71. The first-order chi connectivity index (χ1) is 7.97. The van der Waals surface area contributed by atoms with Gasteiger partial charge in [-0.3, -0.25) is 0 Å². The second-order valence-electron chi connectivity index (χ2n) is 3.07. The average molecular weight is 238 g/mol. The number of carboxylic acids is 2. The highest BCUT2D eigenvalue weighted by molar-refractivity contribution is 6.17. The molecule has 0 radical (unpaired) electrons. The first-order valence-electron chi connectivity index (χ1n) is 4.51. The summed E-state index contributed by atoms with van der Waals surface area (Å²) >= 11 is 0. The van der Waals surface area contributed by atoms with Gasteiger partial charge in [0, 0.05) is 5.56 Å². The fraction of sp³-hybridized carbons (Fsp3) is 0.0909. The van der Waals surface area contributed by atoms with Gasteiger partial charge in [0.15, 0.2) is 5.57 Å². The molecule has 0 aromatic heterocycles. The van der Waals surface area contributed by atoms with Crippen molar-refractivity contribution in [1.29, 1.82) is 0 Å². The Hall–Kier alpha value is -2.50. The number of ether oxygens (including phenoxy) is 1. The first-order valence-corrected chi connectivity index (χ1v) is 4.51. The third-order valence-electron chi connectivity index (χ3n) is 2.01. The number of aliphatic hydroxyl groups is 1. The van der Waals surface area contributed by atoms with Gasteiger partial charge < -0.3 is 20.1 Å². The van der Waals surface area contributed by atoms with Gasteiger partial charge in [0.25, 0.3) is 0 Å². The molecular formula is C11H10O6. The van der Waals surface area contributed by atoms with Crippen LogP contribution in [0, 0.1) is 0 Å². The molecule has 0 saturated heterocycles. The Morgan fingerprint density at radius 2 is 1.71 bits per heavy atom. The molecule has 0 aliphatic rings. The summed E-state index contributed by atoms with van der Waals surface area (Å²) in [6.45, 7) is 0. The van der Waals surface area contributed by atoms with E-state index in [1.165, 1.54) is 25.3 Å². The van der Waals surface area contributed by atoms with E-state index in [2.05, 4.69) is 0 Å². The molecule has 0 saturated carbocycles. The molecule has 0 bridgehead atoms. The maximum absolute atomic E-state index is 10.7. The molecule has 90 valence electrons. The molecular weight excluding hydrogens is 228 g/mol. The summed E-state index contributed by atoms with van der Waals surface area (Å²) in [6.07, 6.45) is 0. The highest BCUT2D eigenvalue weighted by Gasteiger charge is 2.23. The molecule has 0 heterocycles. The summed E-state index contributed by atoms with van der Waals surface area (Å²) in [7, 11) is 1.40. The standard InChI is InChI=1S/C11H10O6/c1-17-7-4-2-3-6(5-7)9(12)8(10(13)14)11(15)16/h2-5,12H,1H3,(H,13,14)(H,15,16). The number of benzene rings is 1. The Balaban J connectivity index is 3.33. The number of hydrogen-bond donors (Lipinski definition) is 3. The van der Waals surface area contributed by atoms with Gasteiger partial charge >= 0.3 is 11.9 Å². The van der Waals surface area contributed by atoms with Crippen LogP contribution in [0.25, 0.3) is 5.76 Å². The zero-order valence-corrected chi connectivity index (χ0v) is 8.88. The molecule has 6 nitrogen and oxygen atoms in total. The fourth-order valence-corrected chi connectivity index (χ4v) is 1.21. The van der Waals surface area contributed by atoms with E-state index in [1.807, 2.05) is 0 Å². The van der Waals surface area contributed by atoms with Gasteiger partial charge in [-0.15, -0.1) is 0 Å². The van der Waals surface area contributed by atoms with Gasteiger partial charge in [0.05, 0.1) is 7.11 Å². The smallest absolute Gasteiger partial charge is 0.347 e. The summed E-state index contributed by atoms with van der Waals surface area (Å²) in [5.41, 5.74) is -1.03. The molecule has 6 heteroatoms. The molecule has 0 spiro atoms. The molecule has 1 aromatic rings. The van der Waals surface area contributed by atoms with Gasteiger partial charge in [-0.05, 0) is 12.1 Å². The van der Waals surface area contributed by atoms with E-state index in [1.54, 1.807) is 6.07 Å². The highest BCUT2D eigenvalue weighted by Crippen LogP contribution is 2.21. The minimum absolute atomic E-state index is 0.0594. The number of methoxy groups -OCH3 is 1. The second kappa shape index (κ2) is 5.02. The van der Waals surface area contributed by atoms with Crippen LogP contribution < -0.4 is 4.74 Å². The van der Waals surface area contributed by atoms with Gasteiger partial charge in [-0.2, -0.15) is 0 Å². The molecule has 17 heavy (non-hydrogen) atoms. The monoisotopic (exact) mass is 238 g/mol. The van der Waals surface area contributed by atoms with Crippen molar-refractivity contribution in [3.8, 4) is 5.75 Å². The third kappa shape index (κ3) is 2.75. The normalized spacial score (nSPS) is 9.47. The van der Waals surface area contributed by atoms with Crippen LogP contribution in [0.3, 0.4) is 0 Å². The van der Waals surface area contributed by atoms with E-state index < -0.39 is 23.3 Å². The van der Waals surface area contributed by atoms with Crippen LogP contribution in [0.1, 0.15) is 5.56 Å². The predicted molar refractivity (Wildman–Crippen MR) is 57.8 cm³/mol. The Labute approximate surface area is 96.4 Å². The van der Waals surface area contributed by atoms with Crippen molar-refractivity contribution in [3.63, 3.8) is 0 Å². The minimum atomic E-state index is -1.71. The Morgan fingerprint density at radius 1 is 1.12 bits per heavy atom. The summed E-state index contributed by atoms with van der Waals surface area (Å²) in [6, 6.07) is 5.80. The van der Waals surface area contributed by atoms with Crippen LogP contribution >= 0.6 is 0 Å². The Bertz CT molecular complexity index is 472. The van der Waals surface area contributed by atoms with E-state index in [9.17, 15) is 14.7 Å². The van der Waals surface area contributed by atoms with Gasteiger partial charge in [-0.25, -0.2) is 9.59 Å². The maximum Gasteiger partial charge on any atom is 0.347 e. The lowest BCUT2D eigenvalue weighted by Crippen LogP contribution is -2.13. The summed E-state index contributed by atoms with van der Waals surface area (Å²) < 4.78 is 4.88. The van der Waals surface area contributed by atoms with Crippen molar-refractivity contribution in [2.45, 2.75) is 0 Å². The van der Waals surface area contributed by atoms with E-state index >= 15 is 0 Å². The van der Waals surface area contributed by atoms with Crippen LogP contribution in [0.2, 0.25) is 0 Å². The second-order valence-corrected chi connectivity index (χ2v) is 3.07. The van der Waals surface area contributed by atoms with E-state index in [0.29, 0.717) is 5.75 Å². The molecule has 0 atom stereocenters. The van der Waals surface area contributed by atoms with Crippen molar-refractivity contribution in [3.05, 3.63) is 35.4 Å². The fourth-order valence-electron chi connectivity index (χ4n) is 1.21. The van der Waals surface area contributed by atoms with Crippen molar-refractivity contribution in [2.24, 2.45) is 0 Å². The zero-order valence-electron chi connectivity index (χ0n) is 8.88. The lowest BCUT2D eigenvalue weighted by Gasteiger charge is -2.05. The topological polar surface area (TPSA) is 104 Å². The summed E-state index contributed by atoms with van der Waals surface area (Å²) in [4.78, 5) is 21.4. The number of rotatable bonds is 4. The maximum atomic E-state index is 10.7. The molecule has 0 unspecified atom stereocenters. The summed E-state index contributed by atoms with van der Waals surface area (Å²) in [5.74, 6) is -3.86. The average Bonchev–Trinajstić information content (AvgIpc) is 2.28. The third-order valence-corrected chi connectivity index (χ3v) is 2.01. The van der Waals surface area contributed by atoms with Gasteiger partial charge in [0.2, 0.25) is 0 Å². The SMILES string of the molecule is COc1cccc(C(O)=C(C(=O)O)C(=O)O)c1. The quantitative estimate of drug-likeness (QED) is 0.314. The minimum Gasteiger partial charge on any atom is -0.506 e. The highest BCUT2D eigenvalue weighted by atomic mass is 16.5. The molecule has 0 amide bonds. The first kappa shape index (κ1) is 12.6. The van der Waals surface area contributed by atoms with Gasteiger partial charge in [-0.1, -0.05) is 12.1 Å². The van der Waals surface area contributed by atoms with E-state index in [4.69, 9.17) is 14.9 Å². The van der Waals surface area contributed by atoms with E-state index in [0.717, 1.165) is 0 Å². The number of carbonyl (C=O) groups is 2. The van der Waals surface area contributed by atoms with E-state index in [-0.39, 0.29) is 5.56 Å². The number of aliphatic hydroxyl groups excluding tert-OH is 1. The summed E-state index contributed by atoms with van der Waals surface area (Å²) in [5, 5.41) is 26.9. The Morgan fingerprint density at radius 3 is 2.18 bits per heavy atom. The lowest BCUT2D eigenvalue weighted by atomic mass is 10.1. The molecule has 3 N–H and O–H groups in total. The van der Waals surface area contributed by atoms with Gasteiger partial charge in [0.1, 0.15) is 11.5 Å². The van der Waals surface area contributed by atoms with Crippen LogP contribution in [0.4, 0.5) is 0 Å².